The van der Waals surface area contributed by atoms with Gasteiger partial charge in [-0.1, -0.05) is 12.1 Å². The SMILES string of the molecule is CON(OC)c1ccc(C=C2CCCC2=O)cc1. The van der Waals surface area contributed by atoms with Crippen molar-refractivity contribution in [2.75, 3.05) is 19.4 Å². The molecule has 0 bridgehead atoms. The lowest BCUT2D eigenvalue weighted by Gasteiger charge is -2.17. The lowest BCUT2D eigenvalue weighted by Crippen LogP contribution is -2.19. The highest BCUT2D eigenvalue weighted by molar-refractivity contribution is 6.01. The summed E-state index contributed by atoms with van der Waals surface area (Å²) < 4.78 is 0. The van der Waals surface area contributed by atoms with Crippen molar-refractivity contribution < 1.29 is 14.5 Å². The van der Waals surface area contributed by atoms with Crippen LogP contribution in [-0.4, -0.2) is 20.0 Å². The van der Waals surface area contributed by atoms with Crippen LogP contribution >= 0.6 is 0 Å². The van der Waals surface area contributed by atoms with Crippen molar-refractivity contribution >= 4 is 17.5 Å². The number of carbonyl (C=O) groups excluding carboxylic acids is 1. The van der Waals surface area contributed by atoms with Crippen molar-refractivity contribution in [3.8, 4) is 0 Å². The van der Waals surface area contributed by atoms with E-state index in [1.165, 1.54) is 19.4 Å². The van der Waals surface area contributed by atoms with Crippen molar-refractivity contribution in [1.29, 1.82) is 0 Å². The van der Waals surface area contributed by atoms with Crippen LogP contribution in [0.25, 0.3) is 6.08 Å². The van der Waals surface area contributed by atoms with E-state index in [1.807, 2.05) is 30.3 Å². The van der Waals surface area contributed by atoms with E-state index >= 15 is 0 Å². The van der Waals surface area contributed by atoms with Crippen LogP contribution < -0.4 is 5.23 Å². The van der Waals surface area contributed by atoms with Crippen LogP contribution in [0.1, 0.15) is 24.8 Å². The fraction of sp³-hybridized carbons (Fsp3) is 0.357. The van der Waals surface area contributed by atoms with Gasteiger partial charge < -0.3 is 0 Å². The first-order valence-corrected chi connectivity index (χ1v) is 5.97. The third-order valence-corrected chi connectivity index (χ3v) is 2.98. The molecule has 1 fully saturated rings. The first-order valence-electron chi connectivity index (χ1n) is 5.97. The molecule has 0 aromatic heterocycles. The minimum atomic E-state index is 0.273. The number of Topliss-reactive ketones (excluding diaryl/α,β-unsaturated/α-hetero) is 1. The van der Waals surface area contributed by atoms with Gasteiger partial charge in [-0.05, 0) is 42.2 Å². The van der Waals surface area contributed by atoms with Crippen LogP contribution in [0.3, 0.4) is 0 Å². The van der Waals surface area contributed by atoms with Crippen LogP contribution in [0.4, 0.5) is 5.69 Å². The second-order valence-electron chi connectivity index (χ2n) is 4.16. The molecular formula is C14H17NO3. The van der Waals surface area contributed by atoms with Gasteiger partial charge in [-0.25, -0.2) is 0 Å². The molecule has 0 saturated heterocycles. The lowest BCUT2D eigenvalue weighted by atomic mass is 10.1. The van der Waals surface area contributed by atoms with E-state index in [0.717, 1.165) is 29.7 Å². The van der Waals surface area contributed by atoms with Crippen LogP contribution in [0.5, 0.6) is 0 Å². The van der Waals surface area contributed by atoms with Crippen LogP contribution in [0.15, 0.2) is 29.8 Å². The summed E-state index contributed by atoms with van der Waals surface area (Å²) in [6, 6.07) is 7.66. The third-order valence-electron chi connectivity index (χ3n) is 2.98. The molecule has 1 aromatic carbocycles. The topological polar surface area (TPSA) is 38.8 Å². The van der Waals surface area contributed by atoms with E-state index in [1.54, 1.807) is 0 Å². The van der Waals surface area contributed by atoms with E-state index in [2.05, 4.69) is 0 Å². The van der Waals surface area contributed by atoms with Gasteiger partial charge >= 0.3 is 0 Å². The Labute approximate surface area is 107 Å². The number of ketones is 1. The van der Waals surface area contributed by atoms with Gasteiger partial charge in [0.1, 0.15) is 0 Å². The van der Waals surface area contributed by atoms with Gasteiger partial charge in [0, 0.05) is 6.42 Å². The zero-order valence-electron chi connectivity index (χ0n) is 10.7. The molecule has 0 radical (unpaired) electrons. The number of benzene rings is 1. The fourth-order valence-electron chi connectivity index (χ4n) is 2.07. The molecule has 2 rings (SSSR count). The largest absolute Gasteiger partial charge is 0.295 e. The molecule has 1 aliphatic rings. The van der Waals surface area contributed by atoms with Gasteiger partial charge in [-0.15, -0.1) is 5.23 Å². The smallest absolute Gasteiger partial charge is 0.158 e. The second kappa shape index (κ2) is 5.80. The maximum Gasteiger partial charge on any atom is 0.158 e. The number of anilines is 1. The van der Waals surface area contributed by atoms with E-state index < -0.39 is 0 Å². The Morgan fingerprint density at radius 1 is 1.11 bits per heavy atom. The Morgan fingerprint density at radius 3 is 2.28 bits per heavy atom. The predicted octanol–water partition coefficient (Wildman–Crippen LogP) is 2.75. The Morgan fingerprint density at radius 2 is 1.78 bits per heavy atom. The summed E-state index contributed by atoms with van der Waals surface area (Å²) in [5.41, 5.74) is 2.76. The van der Waals surface area contributed by atoms with Crippen LogP contribution in [-0.2, 0) is 14.5 Å². The van der Waals surface area contributed by atoms with Gasteiger partial charge in [0.05, 0.1) is 19.9 Å². The molecule has 96 valence electrons. The molecule has 0 heterocycles. The van der Waals surface area contributed by atoms with Crippen molar-refractivity contribution in [2.45, 2.75) is 19.3 Å². The maximum absolute atomic E-state index is 11.5. The van der Waals surface area contributed by atoms with E-state index in [0.29, 0.717) is 6.42 Å². The Hall–Kier alpha value is -1.65. The standard InChI is InChI=1S/C14H17NO3/c1-17-15(18-2)13-8-6-11(7-9-13)10-12-4-3-5-14(12)16/h6-10H,3-5H2,1-2H3. The first-order chi connectivity index (χ1) is 8.74. The summed E-state index contributed by atoms with van der Waals surface area (Å²) in [4.78, 5) is 21.6. The molecule has 0 unspecified atom stereocenters. The number of rotatable bonds is 4. The highest BCUT2D eigenvalue weighted by atomic mass is 16.9. The molecule has 18 heavy (non-hydrogen) atoms. The van der Waals surface area contributed by atoms with E-state index in [4.69, 9.17) is 9.68 Å². The van der Waals surface area contributed by atoms with E-state index in [-0.39, 0.29) is 5.78 Å². The summed E-state index contributed by atoms with van der Waals surface area (Å²) in [6.07, 6.45) is 4.51. The average Bonchev–Trinajstić information content (AvgIpc) is 2.79. The summed E-state index contributed by atoms with van der Waals surface area (Å²) >= 11 is 0. The summed E-state index contributed by atoms with van der Waals surface area (Å²) in [6.45, 7) is 0. The molecule has 4 heteroatoms. The maximum atomic E-state index is 11.5. The molecule has 1 saturated carbocycles. The van der Waals surface area contributed by atoms with Gasteiger partial charge in [0.15, 0.2) is 5.78 Å². The van der Waals surface area contributed by atoms with E-state index in [9.17, 15) is 4.79 Å². The zero-order valence-corrected chi connectivity index (χ0v) is 10.7. The van der Waals surface area contributed by atoms with Crippen molar-refractivity contribution in [1.82, 2.24) is 0 Å². The van der Waals surface area contributed by atoms with Gasteiger partial charge in [0.2, 0.25) is 0 Å². The average molecular weight is 247 g/mol. The van der Waals surface area contributed by atoms with Crippen molar-refractivity contribution in [3.05, 3.63) is 35.4 Å². The number of hydrogen-bond donors (Lipinski definition) is 0. The van der Waals surface area contributed by atoms with Gasteiger partial charge in [-0.2, -0.15) is 0 Å². The molecule has 1 aliphatic carbocycles. The zero-order chi connectivity index (χ0) is 13.0. The third kappa shape index (κ3) is 2.78. The van der Waals surface area contributed by atoms with Crippen LogP contribution in [0.2, 0.25) is 0 Å². The number of carbonyl (C=O) groups is 1. The molecule has 0 spiro atoms. The Bertz CT molecular complexity index is 447. The first kappa shape index (κ1) is 12.8. The number of nitrogens with zero attached hydrogens (tertiary/aromatic N) is 1. The number of allylic oxidation sites excluding steroid dienone is 1. The van der Waals surface area contributed by atoms with Gasteiger partial charge in [-0.3, -0.25) is 14.5 Å². The predicted molar refractivity (Wildman–Crippen MR) is 69.8 cm³/mol. The molecule has 0 amide bonds. The molecule has 4 nitrogen and oxygen atoms in total. The highest BCUT2D eigenvalue weighted by Gasteiger charge is 2.16. The minimum absolute atomic E-state index is 0.273. The summed E-state index contributed by atoms with van der Waals surface area (Å²) in [5.74, 6) is 0.273. The Kier molecular flexibility index (Phi) is 4.12. The monoisotopic (exact) mass is 247 g/mol. The normalized spacial score (nSPS) is 17.4. The summed E-state index contributed by atoms with van der Waals surface area (Å²) in [7, 11) is 3.08. The highest BCUT2D eigenvalue weighted by Crippen LogP contribution is 2.24. The van der Waals surface area contributed by atoms with Crippen LogP contribution in [0, 0.1) is 0 Å². The molecule has 0 N–H and O–H groups in total. The molecular weight excluding hydrogens is 230 g/mol. The minimum Gasteiger partial charge on any atom is -0.295 e. The summed E-state index contributed by atoms with van der Waals surface area (Å²) in [5, 5.41) is 1.32. The van der Waals surface area contributed by atoms with Crippen molar-refractivity contribution in [3.63, 3.8) is 0 Å². The Balaban J connectivity index is 2.15. The molecule has 0 atom stereocenters. The molecule has 0 aliphatic heterocycles. The lowest BCUT2D eigenvalue weighted by molar-refractivity contribution is -0.114. The number of hydrogen-bond acceptors (Lipinski definition) is 4. The second-order valence-corrected chi connectivity index (χ2v) is 4.16. The quantitative estimate of drug-likeness (QED) is 0.605. The molecule has 1 aromatic rings. The van der Waals surface area contributed by atoms with Gasteiger partial charge in [0.25, 0.3) is 0 Å². The fourth-order valence-corrected chi connectivity index (χ4v) is 2.07. The van der Waals surface area contributed by atoms with Crippen molar-refractivity contribution in [2.24, 2.45) is 0 Å².